The van der Waals surface area contributed by atoms with Gasteiger partial charge >= 0.3 is 0 Å². The van der Waals surface area contributed by atoms with Crippen LogP contribution in [0.3, 0.4) is 0 Å². The van der Waals surface area contributed by atoms with E-state index in [1.54, 1.807) is 0 Å². The average molecular weight is 355 g/mol. The summed E-state index contributed by atoms with van der Waals surface area (Å²) in [5.74, 6) is 0.370. The Bertz CT molecular complexity index is 651. The largest absolute Gasteiger partial charge is 0.378 e. The van der Waals surface area contributed by atoms with Crippen molar-refractivity contribution in [2.75, 3.05) is 19.7 Å². The number of halogens is 2. The van der Waals surface area contributed by atoms with Crippen molar-refractivity contribution in [2.24, 2.45) is 5.92 Å². The smallest absolute Gasteiger partial charge is 0.280 e. The van der Waals surface area contributed by atoms with Crippen molar-refractivity contribution in [3.8, 4) is 0 Å². The highest BCUT2D eigenvalue weighted by Gasteiger charge is 2.26. The van der Waals surface area contributed by atoms with Gasteiger partial charge in [-0.05, 0) is 31.6 Å². The summed E-state index contributed by atoms with van der Waals surface area (Å²) in [6.07, 6.45) is 2.52. The average Bonchev–Trinajstić information content (AvgIpc) is 3.10. The van der Waals surface area contributed by atoms with Crippen LogP contribution < -0.4 is 5.56 Å². The van der Waals surface area contributed by atoms with Crippen LogP contribution >= 0.6 is 0 Å². The monoisotopic (exact) mass is 355 g/mol. The molecule has 1 atom stereocenters. The number of carbonyl (C=O) groups excluding carboxylic acids is 1. The maximum Gasteiger partial charge on any atom is 0.280 e. The molecule has 0 spiro atoms. The molecule has 3 heterocycles. The van der Waals surface area contributed by atoms with E-state index in [1.807, 2.05) is 4.90 Å². The molecule has 1 amide bonds. The fourth-order valence-corrected chi connectivity index (χ4v) is 3.47. The minimum Gasteiger partial charge on any atom is -0.378 e. The highest BCUT2D eigenvalue weighted by Crippen LogP contribution is 2.22. The summed E-state index contributed by atoms with van der Waals surface area (Å²) in [6.45, 7) is 2.51. The molecule has 1 aromatic rings. The van der Waals surface area contributed by atoms with E-state index in [-0.39, 0.29) is 17.9 Å². The van der Waals surface area contributed by atoms with Crippen molar-refractivity contribution in [2.45, 2.75) is 51.2 Å². The third-order valence-corrected chi connectivity index (χ3v) is 4.97. The molecule has 2 fully saturated rings. The molecule has 25 heavy (non-hydrogen) atoms. The zero-order valence-corrected chi connectivity index (χ0v) is 14.1. The van der Waals surface area contributed by atoms with Gasteiger partial charge in [-0.3, -0.25) is 14.2 Å². The standard InChI is InChI=1S/C17H23F2N3O3/c18-17(19)14-9-16(24)22(11-20-14)10-12-3-5-21(6-4-12)15(23)8-13-2-1-7-25-13/h9,11-13,17H,1-8,10H2. The number of hydrogen-bond donors (Lipinski definition) is 0. The summed E-state index contributed by atoms with van der Waals surface area (Å²) in [6, 6.07) is 0.894. The molecule has 6 nitrogen and oxygen atoms in total. The van der Waals surface area contributed by atoms with Crippen LogP contribution in [0.1, 0.15) is 44.2 Å². The number of rotatable bonds is 5. The Labute approximate surface area is 144 Å². The van der Waals surface area contributed by atoms with E-state index < -0.39 is 17.7 Å². The van der Waals surface area contributed by atoms with E-state index in [0.717, 1.165) is 38.4 Å². The van der Waals surface area contributed by atoms with Gasteiger partial charge in [-0.2, -0.15) is 0 Å². The third-order valence-electron chi connectivity index (χ3n) is 4.97. The maximum absolute atomic E-state index is 12.5. The zero-order chi connectivity index (χ0) is 17.8. The van der Waals surface area contributed by atoms with Crippen LogP contribution in [0, 0.1) is 5.92 Å². The lowest BCUT2D eigenvalue weighted by atomic mass is 9.96. The Morgan fingerprint density at radius 1 is 1.32 bits per heavy atom. The second-order valence-electron chi connectivity index (χ2n) is 6.77. The first-order valence-electron chi connectivity index (χ1n) is 8.77. The molecule has 0 aliphatic carbocycles. The van der Waals surface area contributed by atoms with E-state index in [9.17, 15) is 18.4 Å². The molecular weight excluding hydrogens is 332 g/mol. The number of carbonyl (C=O) groups is 1. The molecular formula is C17H23F2N3O3. The Hall–Kier alpha value is -1.83. The van der Waals surface area contributed by atoms with E-state index in [4.69, 9.17) is 4.74 Å². The Balaban J connectivity index is 1.49. The number of piperidine rings is 1. The lowest BCUT2D eigenvalue weighted by Gasteiger charge is -2.32. The molecule has 3 rings (SSSR count). The summed E-state index contributed by atoms with van der Waals surface area (Å²) in [5, 5.41) is 0. The van der Waals surface area contributed by atoms with Crippen LogP contribution in [0.15, 0.2) is 17.2 Å². The topological polar surface area (TPSA) is 64.4 Å². The highest BCUT2D eigenvalue weighted by atomic mass is 19.3. The van der Waals surface area contributed by atoms with Crippen LogP contribution in [0.2, 0.25) is 0 Å². The first-order valence-corrected chi connectivity index (χ1v) is 8.77. The van der Waals surface area contributed by atoms with Crippen LogP contribution in [-0.2, 0) is 16.1 Å². The van der Waals surface area contributed by atoms with Crippen molar-refractivity contribution in [3.05, 3.63) is 28.4 Å². The van der Waals surface area contributed by atoms with E-state index in [1.165, 1.54) is 10.9 Å². The lowest BCUT2D eigenvalue weighted by molar-refractivity contribution is -0.134. The van der Waals surface area contributed by atoms with Crippen molar-refractivity contribution in [3.63, 3.8) is 0 Å². The fraction of sp³-hybridized carbons (Fsp3) is 0.706. The third kappa shape index (κ3) is 4.62. The Morgan fingerprint density at radius 3 is 2.68 bits per heavy atom. The maximum atomic E-state index is 12.5. The normalized spacial score (nSPS) is 21.9. The van der Waals surface area contributed by atoms with Crippen LogP contribution in [0.25, 0.3) is 0 Å². The van der Waals surface area contributed by atoms with E-state index >= 15 is 0 Å². The number of nitrogens with zero attached hydrogens (tertiary/aromatic N) is 3. The number of hydrogen-bond acceptors (Lipinski definition) is 4. The predicted octanol–water partition coefficient (Wildman–Crippen LogP) is 1.99. The highest BCUT2D eigenvalue weighted by molar-refractivity contribution is 5.76. The summed E-state index contributed by atoms with van der Waals surface area (Å²) in [5.41, 5.74) is -0.946. The summed E-state index contributed by atoms with van der Waals surface area (Å²) in [4.78, 5) is 29.7. The van der Waals surface area contributed by atoms with Gasteiger partial charge in [-0.1, -0.05) is 0 Å². The van der Waals surface area contributed by atoms with Gasteiger partial charge < -0.3 is 9.64 Å². The Morgan fingerprint density at radius 2 is 2.08 bits per heavy atom. The first-order chi connectivity index (χ1) is 12.0. The molecule has 0 aromatic carbocycles. The Kier molecular flexibility index (Phi) is 5.78. The van der Waals surface area contributed by atoms with Gasteiger partial charge in [-0.25, -0.2) is 13.8 Å². The fourth-order valence-electron chi connectivity index (χ4n) is 3.47. The van der Waals surface area contributed by atoms with E-state index in [2.05, 4.69) is 4.98 Å². The molecule has 138 valence electrons. The number of likely N-dealkylation sites (tertiary alicyclic amines) is 1. The zero-order valence-electron chi connectivity index (χ0n) is 14.1. The summed E-state index contributed by atoms with van der Waals surface area (Å²) >= 11 is 0. The minimum atomic E-state index is -2.74. The molecule has 2 saturated heterocycles. The second kappa shape index (κ2) is 8.03. The summed E-state index contributed by atoms with van der Waals surface area (Å²) < 4.78 is 32.0. The summed E-state index contributed by atoms with van der Waals surface area (Å²) in [7, 11) is 0. The van der Waals surface area contributed by atoms with Gasteiger partial charge in [-0.15, -0.1) is 0 Å². The van der Waals surface area contributed by atoms with Gasteiger partial charge in [0.05, 0.1) is 18.9 Å². The lowest BCUT2D eigenvalue weighted by Crippen LogP contribution is -2.41. The van der Waals surface area contributed by atoms with Crippen molar-refractivity contribution in [1.82, 2.24) is 14.5 Å². The number of amides is 1. The molecule has 0 bridgehead atoms. The van der Waals surface area contributed by atoms with Gasteiger partial charge in [0.2, 0.25) is 5.91 Å². The number of ether oxygens (including phenoxy) is 1. The second-order valence-corrected chi connectivity index (χ2v) is 6.77. The van der Waals surface area contributed by atoms with Crippen LogP contribution in [0.4, 0.5) is 8.78 Å². The van der Waals surface area contributed by atoms with E-state index in [0.29, 0.717) is 26.1 Å². The molecule has 8 heteroatoms. The molecule has 2 aliphatic heterocycles. The van der Waals surface area contributed by atoms with Crippen LogP contribution in [-0.4, -0.2) is 46.2 Å². The SMILES string of the molecule is O=C(CC1CCCO1)N1CCC(Cn2cnc(C(F)F)cc2=O)CC1. The molecule has 0 saturated carbocycles. The van der Waals surface area contributed by atoms with Crippen molar-refractivity contribution < 1.29 is 18.3 Å². The van der Waals surface area contributed by atoms with Crippen molar-refractivity contribution >= 4 is 5.91 Å². The van der Waals surface area contributed by atoms with Gasteiger partial charge in [0.15, 0.2) is 0 Å². The minimum absolute atomic E-state index is 0.0585. The molecule has 0 N–H and O–H groups in total. The molecule has 2 aliphatic rings. The first kappa shape index (κ1) is 18.0. The predicted molar refractivity (Wildman–Crippen MR) is 86.3 cm³/mol. The van der Waals surface area contributed by atoms with Crippen LogP contribution in [0.5, 0.6) is 0 Å². The number of aromatic nitrogens is 2. The van der Waals surface area contributed by atoms with Gasteiger partial charge in [0, 0.05) is 32.3 Å². The number of alkyl halides is 2. The quantitative estimate of drug-likeness (QED) is 0.810. The van der Waals surface area contributed by atoms with Crippen molar-refractivity contribution in [1.29, 1.82) is 0 Å². The van der Waals surface area contributed by atoms with Gasteiger partial charge in [0.1, 0.15) is 5.69 Å². The van der Waals surface area contributed by atoms with Gasteiger partial charge in [0.25, 0.3) is 12.0 Å². The molecule has 0 radical (unpaired) electrons. The molecule has 1 aromatic heterocycles. The molecule has 1 unspecified atom stereocenters.